The SMILES string of the molecule is O=C(NCCCc1ccccc1)C1CCN(c2ccc(-c3ccccc3)nn2)CC1. The Bertz CT molecular complexity index is 920. The number of nitrogens with one attached hydrogen (secondary N) is 1. The Hall–Kier alpha value is -3.21. The van der Waals surface area contributed by atoms with E-state index in [0.29, 0.717) is 0 Å². The number of aromatic nitrogens is 2. The second kappa shape index (κ2) is 10.0. The molecule has 3 aromatic rings. The molecule has 0 spiro atoms. The number of amides is 1. The summed E-state index contributed by atoms with van der Waals surface area (Å²) in [5.74, 6) is 1.17. The van der Waals surface area contributed by atoms with Gasteiger partial charge in [0.1, 0.15) is 0 Å². The van der Waals surface area contributed by atoms with Gasteiger partial charge in [0.2, 0.25) is 5.91 Å². The minimum absolute atomic E-state index is 0.0922. The first kappa shape index (κ1) is 20.1. The van der Waals surface area contributed by atoms with Crippen molar-refractivity contribution in [3.8, 4) is 11.3 Å². The molecule has 0 unspecified atom stereocenters. The number of benzene rings is 2. The van der Waals surface area contributed by atoms with Crippen LogP contribution in [0.3, 0.4) is 0 Å². The highest BCUT2D eigenvalue weighted by Crippen LogP contribution is 2.23. The number of carbonyl (C=O) groups is 1. The number of hydrogen-bond donors (Lipinski definition) is 1. The van der Waals surface area contributed by atoms with Gasteiger partial charge in [0.05, 0.1) is 5.69 Å². The fourth-order valence-corrected chi connectivity index (χ4v) is 3.92. The summed E-state index contributed by atoms with van der Waals surface area (Å²) in [5, 5.41) is 11.9. The summed E-state index contributed by atoms with van der Waals surface area (Å²) in [6.07, 6.45) is 3.68. The summed E-state index contributed by atoms with van der Waals surface area (Å²) in [5.41, 5.74) is 3.27. The van der Waals surface area contributed by atoms with Crippen molar-refractivity contribution in [3.05, 3.63) is 78.4 Å². The van der Waals surface area contributed by atoms with Gasteiger partial charge in [0.15, 0.2) is 5.82 Å². The monoisotopic (exact) mass is 400 g/mol. The molecule has 1 amide bonds. The van der Waals surface area contributed by atoms with Crippen molar-refractivity contribution >= 4 is 11.7 Å². The Morgan fingerprint density at radius 2 is 1.60 bits per heavy atom. The maximum Gasteiger partial charge on any atom is 0.223 e. The van der Waals surface area contributed by atoms with Crippen LogP contribution in [0.25, 0.3) is 11.3 Å². The zero-order valence-corrected chi connectivity index (χ0v) is 17.2. The molecule has 2 aromatic carbocycles. The summed E-state index contributed by atoms with van der Waals surface area (Å²) >= 11 is 0. The summed E-state index contributed by atoms with van der Waals surface area (Å²) in [6, 6.07) is 24.5. The van der Waals surface area contributed by atoms with Gasteiger partial charge < -0.3 is 10.2 Å². The Kier molecular flexibility index (Phi) is 6.70. The molecule has 0 aliphatic carbocycles. The van der Waals surface area contributed by atoms with Gasteiger partial charge in [0, 0.05) is 31.1 Å². The van der Waals surface area contributed by atoms with E-state index in [2.05, 4.69) is 44.7 Å². The number of aryl methyl sites for hydroxylation is 1. The molecule has 0 radical (unpaired) electrons. The van der Waals surface area contributed by atoms with Crippen molar-refractivity contribution in [2.45, 2.75) is 25.7 Å². The van der Waals surface area contributed by atoms with E-state index >= 15 is 0 Å². The van der Waals surface area contributed by atoms with Gasteiger partial charge in [-0.05, 0) is 43.4 Å². The van der Waals surface area contributed by atoms with Crippen LogP contribution in [0, 0.1) is 5.92 Å². The second-order valence-electron chi connectivity index (χ2n) is 7.78. The molecular weight excluding hydrogens is 372 g/mol. The number of carbonyl (C=O) groups excluding carboxylic acids is 1. The molecule has 1 aliphatic heterocycles. The maximum absolute atomic E-state index is 12.5. The van der Waals surface area contributed by atoms with Crippen LogP contribution in [0.1, 0.15) is 24.8 Å². The van der Waals surface area contributed by atoms with Crippen molar-refractivity contribution in [2.24, 2.45) is 5.92 Å². The van der Waals surface area contributed by atoms with Crippen LogP contribution in [0.15, 0.2) is 72.8 Å². The van der Waals surface area contributed by atoms with E-state index in [0.717, 1.165) is 62.4 Å². The van der Waals surface area contributed by atoms with Crippen LogP contribution in [-0.2, 0) is 11.2 Å². The van der Waals surface area contributed by atoms with Crippen molar-refractivity contribution in [1.29, 1.82) is 0 Å². The van der Waals surface area contributed by atoms with Gasteiger partial charge >= 0.3 is 0 Å². The van der Waals surface area contributed by atoms with Gasteiger partial charge in [-0.2, -0.15) is 0 Å². The molecule has 154 valence electrons. The lowest BCUT2D eigenvalue weighted by atomic mass is 9.96. The zero-order chi connectivity index (χ0) is 20.6. The predicted molar refractivity (Wildman–Crippen MR) is 120 cm³/mol. The first-order chi connectivity index (χ1) is 14.8. The number of piperidine rings is 1. The van der Waals surface area contributed by atoms with E-state index in [9.17, 15) is 4.79 Å². The van der Waals surface area contributed by atoms with E-state index < -0.39 is 0 Å². The summed E-state index contributed by atoms with van der Waals surface area (Å²) in [6.45, 7) is 2.41. The zero-order valence-electron chi connectivity index (χ0n) is 17.2. The Balaban J connectivity index is 1.21. The molecule has 0 atom stereocenters. The number of anilines is 1. The lowest BCUT2D eigenvalue weighted by molar-refractivity contribution is -0.125. The molecule has 30 heavy (non-hydrogen) atoms. The van der Waals surface area contributed by atoms with Crippen molar-refractivity contribution in [3.63, 3.8) is 0 Å². The fraction of sp³-hybridized carbons (Fsp3) is 0.320. The van der Waals surface area contributed by atoms with E-state index in [4.69, 9.17) is 0 Å². The summed E-state index contributed by atoms with van der Waals surface area (Å²) in [4.78, 5) is 14.7. The highest BCUT2D eigenvalue weighted by Gasteiger charge is 2.25. The van der Waals surface area contributed by atoms with E-state index in [-0.39, 0.29) is 11.8 Å². The summed E-state index contributed by atoms with van der Waals surface area (Å²) in [7, 11) is 0. The molecule has 2 heterocycles. The third-order valence-corrected chi connectivity index (χ3v) is 5.69. The van der Waals surface area contributed by atoms with E-state index in [1.807, 2.05) is 48.5 Å². The van der Waals surface area contributed by atoms with Crippen LogP contribution < -0.4 is 10.2 Å². The minimum atomic E-state index is 0.0922. The molecule has 1 fully saturated rings. The second-order valence-corrected chi connectivity index (χ2v) is 7.78. The maximum atomic E-state index is 12.5. The first-order valence-corrected chi connectivity index (χ1v) is 10.8. The van der Waals surface area contributed by atoms with Gasteiger partial charge in [-0.3, -0.25) is 4.79 Å². The van der Waals surface area contributed by atoms with Crippen molar-refractivity contribution in [2.75, 3.05) is 24.5 Å². The Morgan fingerprint density at radius 1 is 0.900 bits per heavy atom. The van der Waals surface area contributed by atoms with Gasteiger partial charge in [-0.25, -0.2) is 0 Å². The fourth-order valence-electron chi connectivity index (χ4n) is 3.92. The van der Waals surface area contributed by atoms with Crippen LogP contribution in [0.4, 0.5) is 5.82 Å². The lowest BCUT2D eigenvalue weighted by Crippen LogP contribution is -2.41. The molecule has 0 bridgehead atoms. The minimum Gasteiger partial charge on any atom is -0.356 e. The molecule has 1 N–H and O–H groups in total. The molecule has 0 saturated carbocycles. The highest BCUT2D eigenvalue weighted by molar-refractivity contribution is 5.79. The first-order valence-electron chi connectivity index (χ1n) is 10.8. The smallest absolute Gasteiger partial charge is 0.223 e. The number of nitrogens with zero attached hydrogens (tertiary/aromatic N) is 3. The topological polar surface area (TPSA) is 58.1 Å². The molecule has 1 aromatic heterocycles. The van der Waals surface area contributed by atoms with Crippen LogP contribution in [-0.4, -0.2) is 35.7 Å². The van der Waals surface area contributed by atoms with E-state index in [1.165, 1.54) is 5.56 Å². The third-order valence-electron chi connectivity index (χ3n) is 5.69. The highest BCUT2D eigenvalue weighted by atomic mass is 16.1. The molecule has 1 aliphatic rings. The van der Waals surface area contributed by atoms with E-state index in [1.54, 1.807) is 0 Å². The standard InChI is InChI=1S/C25H28N4O/c30-25(26-17-7-10-20-8-3-1-4-9-20)22-15-18-29(19-16-22)24-14-13-23(27-28-24)21-11-5-2-6-12-21/h1-6,8-9,11-14,22H,7,10,15-19H2,(H,26,30). The Labute approximate surface area is 178 Å². The van der Waals surface area contributed by atoms with Crippen LogP contribution in [0.5, 0.6) is 0 Å². The van der Waals surface area contributed by atoms with Crippen molar-refractivity contribution in [1.82, 2.24) is 15.5 Å². The Morgan fingerprint density at radius 3 is 2.27 bits per heavy atom. The average Bonchev–Trinajstić information content (AvgIpc) is 2.83. The van der Waals surface area contributed by atoms with Crippen molar-refractivity contribution < 1.29 is 4.79 Å². The molecule has 5 nitrogen and oxygen atoms in total. The molecule has 5 heteroatoms. The van der Waals surface area contributed by atoms with Gasteiger partial charge in [0.25, 0.3) is 0 Å². The molecule has 4 rings (SSSR count). The van der Waals surface area contributed by atoms with Crippen LogP contribution >= 0.6 is 0 Å². The average molecular weight is 401 g/mol. The quantitative estimate of drug-likeness (QED) is 0.607. The lowest BCUT2D eigenvalue weighted by Gasteiger charge is -2.31. The molecule has 1 saturated heterocycles. The number of hydrogen-bond acceptors (Lipinski definition) is 4. The largest absolute Gasteiger partial charge is 0.356 e. The van der Waals surface area contributed by atoms with Gasteiger partial charge in [-0.1, -0.05) is 60.7 Å². The number of rotatable bonds is 7. The van der Waals surface area contributed by atoms with Crippen LogP contribution in [0.2, 0.25) is 0 Å². The third kappa shape index (κ3) is 5.23. The predicted octanol–water partition coefficient (Wildman–Crippen LogP) is 4.11. The van der Waals surface area contributed by atoms with Gasteiger partial charge in [-0.15, -0.1) is 10.2 Å². The summed E-state index contributed by atoms with van der Waals surface area (Å²) < 4.78 is 0. The normalized spacial score (nSPS) is 14.5. The molecular formula is C25H28N4O.